The molecule has 4 aromatic carbocycles. The molecule has 0 saturated heterocycles. The highest BCUT2D eigenvalue weighted by Gasteiger charge is 2.27. The molecule has 0 aliphatic heterocycles. The minimum Gasteiger partial charge on any atom is -0.325 e. The van der Waals surface area contributed by atoms with Crippen molar-refractivity contribution in [3.05, 3.63) is 113 Å². The average molecular weight is 578 g/mol. The molecule has 0 heterocycles. The lowest BCUT2D eigenvalue weighted by molar-refractivity contribution is -0.114. The molecule has 0 aliphatic carbocycles. The van der Waals surface area contributed by atoms with Crippen molar-refractivity contribution in [2.75, 3.05) is 20.9 Å². The summed E-state index contributed by atoms with van der Waals surface area (Å²) in [6, 6.07) is 24.4. The van der Waals surface area contributed by atoms with E-state index in [-0.39, 0.29) is 9.79 Å². The maximum absolute atomic E-state index is 13.5. The second-order valence-corrected chi connectivity index (χ2v) is 13.2. The molecule has 0 atom stereocenters. The number of carbonyl (C=O) groups excluding carboxylic acids is 1. The van der Waals surface area contributed by atoms with Crippen LogP contribution in [-0.4, -0.2) is 29.3 Å². The zero-order valence-electron chi connectivity index (χ0n) is 22.7. The second kappa shape index (κ2) is 11.5. The van der Waals surface area contributed by atoms with Gasteiger partial charge in [-0.25, -0.2) is 16.8 Å². The number of aryl methyl sites for hydroxylation is 4. The van der Waals surface area contributed by atoms with Crippen molar-refractivity contribution < 1.29 is 21.6 Å². The van der Waals surface area contributed by atoms with Crippen molar-refractivity contribution in [1.82, 2.24) is 0 Å². The van der Waals surface area contributed by atoms with Crippen molar-refractivity contribution in [2.24, 2.45) is 0 Å². The van der Waals surface area contributed by atoms with Gasteiger partial charge in [0, 0.05) is 5.69 Å². The Kier molecular flexibility index (Phi) is 8.32. The van der Waals surface area contributed by atoms with Gasteiger partial charge in [0.25, 0.3) is 20.0 Å². The molecule has 4 rings (SSSR count). The summed E-state index contributed by atoms with van der Waals surface area (Å²) in [6.07, 6.45) is 0. The van der Waals surface area contributed by atoms with Crippen LogP contribution in [-0.2, 0) is 24.8 Å². The number of benzene rings is 4. The number of hydrogen-bond acceptors (Lipinski definition) is 5. The number of carbonyl (C=O) groups is 1. The highest BCUT2D eigenvalue weighted by Crippen LogP contribution is 2.25. The first-order valence-electron chi connectivity index (χ1n) is 12.5. The molecule has 0 bridgehead atoms. The zero-order valence-corrected chi connectivity index (χ0v) is 24.3. The number of sulfonamides is 2. The minimum atomic E-state index is -4.05. The molecular formula is C30H31N3O5S2. The lowest BCUT2D eigenvalue weighted by atomic mass is 10.1. The maximum Gasteiger partial charge on any atom is 0.264 e. The van der Waals surface area contributed by atoms with Crippen LogP contribution in [0.3, 0.4) is 0 Å². The molecule has 1 amide bonds. The Morgan fingerprint density at radius 1 is 0.675 bits per heavy atom. The Bertz CT molecular complexity index is 1730. The van der Waals surface area contributed by atoms with Crippen LogP contribution in [0.25, 0.3) is 0 Å². The summed E-state index contributed by atoms with van der Waals surface area (Å²) in [7, 11) is -7.91. The lowest BCUT2D eigenvalue weighted by Crippen LogP contribution is -2.38. The molecular weight excluding hydrogens is 546 g/mol. The van der Waals surface area contributed by atoms with E-state index >= 15 is 0 Å². The molecule has 40 heavy (non-hydrogen) atoms. The van der Waals surface area contributed by atoms with Gasteiger partial charge in [-0.2, -0.15) is 0 Å². The van der Waals surface area contributed by atoms with E-state index in [1.807, 2.05) is 39.8 Å². The van der Waals surface area contributed by atoms with E-state index in [0.717, 1.165) is 26.6 Å². The third-order valence-electron chi connectivity index (χ3n) is 6.30. The molecule has 0 unspecified atom stereocenters. The Morgan fingerprint density at radius 3 is 1.80 bits per heavy atom. The quantitative estimate of drug-likeness (QED) is 0.271. The fraction of sp³-hybridized carbons (Fsp3) is 0.167. The number of anilines is 3. The fourth-order valence-corrected chi connectivity index (χ4v) is 6.50. The van der Waals surface area contributed by atoms with Gasteiger partial charge in [0.05, 0.1) is 21.2 Å². The molecule has 4 aromatic rings. The number of nitrogens with one attached hydrogen (secondary N) is 2. The van der Waals surface area contributed by atoms with Gasteiger partial charge < -0.3 is 5.32 Å². The van der Waals surface area contributed by atoms with E-state index in [4.69, 9.17) is 0 Å². The predicted octanol–water partition coefficient (Wildman–Crippen LogP) is 5.56. The second-order valence-electron chi connectivity index (χ2n) is 9.66. The molecule has 0 aliphatic rings. The first-order chi connectivity index (χ1) is 18.8. The number of hydrogen-bond donors (Lipinski definition) is 2. The zero-order chi connectivity index (χ0) is 29.1. The highest BCUT2D eigenvalue weighted by molar-refractivity contribution is 7.93. The third kappa shape index (κ3) is 6.70. The fourth-order valence-electron chi connectivity index (χ4n) is 3.96. The van der Waals surface area contributed by atoms with E-state index in [1.54, 1.807) is 42.5 Å². The van der Waals surface area contributed by atoms with Crippen LogP contribution in [0.1, 0.15) is 22.3 Å². The smallest absolute Gasteiger partial charge is 0.264 e. The molecule has 0 fully saturated rings. The molecule has 2 N–H and O–H groups in total. The predicted molar refractivity (Wildman–Crippen MR) is 159 cm³/mol. The molecule has 10 heteroatoms. The van der Waals surface area contributed by atoms with E-state index < -0.39 is 32.5 Å². The van der Waals surface area contributed by atoms with Crippen LogP contribution in [0.2, 0.25) is 0 Å². The van der Waals surface area contributed by atoms with Gasteiger partial charge in [0.15, 0.2) is 0 Å². The van der Waals surface area contributed by atoms with Crippen LogP contribution in [0, 0.1) is 27.7 Å². The monoisotopic (exact) mass is 577 g/mol. The Balaban J connectivity index is 1.53. The van der Waals surface area contributed by atoms with E-state index in [1.165, 1.54) is 36.4 Å². The summed E-state index contributed by atoms with van der Waals surface area (Å²) in [5, 5.41) is 2.67. The lowest BCUT2D eigenvalue weighted by Gasteiger charge is -2.24. The summed E-state index contributed by atoms with van der Waals surface area (Å²) < 4.78 is 56.6. The van der Waals surface area contributed by atoms with Gasteiger partial charge in [-0.05, 0) is 93.4 Å². The molecule has 0 saturated carbocycles. The Hall–Kier alpha value is -4.15. The summed E-state index contributed by atoms with van der Waals surface area (Å²) in [4.78, 5) is 13.1. The number of amides is 1. The molecule has 0 radical (unpaired) electrons. The van der Waals surface area contributed by atoms with Crippen LogP contribution >= 0.6 is 0 Å². The van der Waals surface area contributed by atoms with E-state index in [0.29, 0.717) is 17.1 Å². The normalized spacial score (nSPS) is 11.6. The van der Waals surface area contributed by atoms with Crippen LogP contribution in [0.4, 0.5) is 17.1 Å². The average Bonchev–Trinajstić information content (AvgIpc) is 2.90. The van der Waals surface area contributed by atoms with Gasteiger partial charge in [-0.3, -0.25) is 13.8 Å². The minimum absolute atomic E-state index is 0.0228. The number of rotatable bonds is 9. The van der Waals surface area contributed by atoms with E-state index in [2.05, 4.69) is 10.0 Å². The standard InChI is InChI=1S/C30H31N3O5S2/c1-21-6-13-26(14-7-21)33(40(37,38)28-15-8-22(2)9-16-28)20-30(34)31-25-11-17-27(18-12-25)39(35,36)32-29-19-23(3)5-10-24(29)4/h5-19,32H,20H2,1-4H3,(H,31,34). The van der Waals surface area contributed by atoms with Gasteiger partial charge in [-0.15, -0.1) is 0 Å². The first-order valence-corrected chi connectivity index (χ1v) is 15.4. The van der Waals surface area contributed by atoms with Crippen molar-refractivity contribution in [3.63, 3.8) is 0 Å². The van der Waals surface area contributed by atoms with Crippen molar-refractivity contribution in [3.8, 4) is 0 Å². The summed E-state index contributed by atoms with van der Waals surface area (Å²) in [6.45, 7) is 6.96. The molecule has 0 aromatic heterocycles. The SMILES string of the molecule is Cc1ccc(N(CC(=O)Nc2ccc(S(=O)(=O)Nc3cc(C)ccc3C)cc2)S(=O)(=O)c2ccc(C)cc2)cc1. The Labute approximate surface area is 235 Å². The van der Waals surface area contributed by atoms with Crippen LogP contribution < -0.4 is 14.3 Å². The summed E-state index contributed by atoms with van der Waals surface area (Å²) in [5.74, 6) is -0.583. The van der Waals surface area contributed by atoms with Crippen molar-refractivity contribution >= 4 is 43.0 Å². The van der Waals surface area contributed by atoms with E-state index in [9.17, 15) is 21.6 Å². The van der Waals surface area contributed by atoms with Gasteiger partial charge >= 0.3 is 0 Å². The third-order valence-corrected chi connectivity index (χ3v) is 9.47. The number of nitrogens with zero attached hydrogens (tertiary/aromatic N) is 1. The first kappa shape index (κ1) is 28.8. The van der Waals surface area contributed by atoms with Crippen LogP contribution in [0.5, 0.6) is 0 Å². The maximum atomic E-state index is 13.5. The highest BCUT2D eigenvalue weighted by atomic mass is 32.2. The van der Waals surface area contributed by atoms with Gasteiger partial charge in [0.1, 0.15) is 6.54 Å². The molecule has 208 valence electrons. The molecule has 8 nitrogen and oxygen atoms in total. The van der Waals surface area contributed by atoms with Gasteiger partial charge in [-0.1, -0.05) is 47.5 Å². The summed E-state index contributed by atoms with van der Waals surface area (Å²) >= 11 is 0. The van der Waals surface area contributed by atoms with Crippen LogP contribution in [0.15, 0.2) is 101 Å². The van der Waals surface area contributed by atoms with Crippen molar-refractivity contribution in [2.45, 2.75) is 37.5 Å². The Morgan fingerprint density at radius 2 is 1.20 bits per heavy atom. The van der Waals surface area contributed by atoms with Gasteiger partial charge in [0.2, 0.25) is 5.91 Å². The van der Waals surface area contributed by atoms with Crippen molar-refractivity contribution in [1.29, 1.82) is 0 Å². The molecule has 0 spiro atoms. The largest absolute Gasteiger partial charge is 0.325 e. The summed E-state index contributed by atoms with van der Waals surface area (Å²) in [5.41, 5.74) is 4.73. The topological polar surface area (TPSA) is 113 Å².